The summed E-state index contributed by atoms with van der Waals surface area (Å²) in [5.41, 5.74) is -0.0869. The number of nitrogens with zero attached hydrogens (tertiary/aromatic N) is 3. The fraction of sp³-hybridized carbons (Fsp3) is 0.941. The molecule has 0 radical (unpaired) electrons. The van der Waals surface area contributed by atoms with Gasteiger partial charge in [-0.1, -0.05) is 20.3 Å². The molecule has 1 heterocycles. The lowest BCUT2D eigenvalue weighted by Gasteiger charge is -2.39. The molecule has 0 aromatic heterocycles. The number of hydrogen-bond donors (Lipinski definition) is 0. The summed E-state index contributed by atoms with van der Waals surface area (Å²) in [4.78, 5) is 19.8. The minimum atomic E-state index is -0.0869. The highest BCUT2D eigenvalue weighted by Gasteiger charge is 2.38. The molecule has 4 nitrogen and oxygen atoms in total. The van der Waals surface area contributed by atoms with Gasteiger partial charge in [-0.15, -0.1) is 0 Å². The average molecular weight is 295 g/mol. The lowest BCUT2D eigenvalue weighted by molar-refractivity contribution is -0.135. The van der Waals surface area contributed by atoms with Gasteiger partial charge < -0.3 is 9.80 Å². The highest BCUT2D eigenvalue weighted by molar-refractivity contribution is 5.87. The standard InChI is InChI=1S/C17H33N3O/c1-17(2)7-5-6-15(16(17)21)14-20-12-10-19(11-13-20)9-8-18(3)4/h15H,5-14H2,1-4H3. The third-order valence-electron chi connectivity index (χ3n) is 5.20. The van der Waals surface area contributed by atoms with Crippen molar-refractivity contribution in [1.29, 1.82) is 0 Å². The predicted molar refractivity (Wildman–Crippen MR) is 87.6 cm³/mol. The Hall–Kier alpha value is -0.450. The minimum absolute atomic E-state index is 0.0869. The van der Waals surface area contributed by atoms with Gasteiger partial charge in [0.15, 0.2) is 0 Å². The maximum absolute atomic E-state index is 12.5. The zero-order valence-electron chi connectivity index (χ0n) is 14.4. The molecule has 4 heteroatoms. The molecule has 2 aliphatic rings. The van der Waals surface area contributed by atoms with Gasteiger partial charge in [0, 0.05) is 57.1 Å². The first-order valence-electron chi connectivity index (χ1n) is 8.52. The van der Waals surface area contributed by atoms with Crippen LogP contribution in [0.15, 0.2) is 0 Å². The van der Waals surface area contributed by atoms with E-state index in [0.29, 0.717) is 5.78 Å². The Bertz CT molecular complexity index is 346. The number of carbonyl (C=O) groups is 1. The molecule has 1 saturated carbocycles. The van der Waals surface area contributed by atoms with Gasteiger partial charge in [-0.25, -0.2) is 0 Å². The van der Waals surface area contributed by atoms with Crippen LogP contribution in [0.1, 0.15) is 33.1 Å². The summed E-state index contributed by atoms with van der Waals surface area (Å²) < 4.78 is 0. The van der Waals surface area contributed by atoms with Crippen molar-refractivity contribution in [3.8, 4) is 0 Å². The van der Waals surface area contributed by atoms with Gasteiger partial charge >= 0.3 is 0 Å². The summed E-state index contributed by atoms with van der Waals surface area (Å²) in [6.07, 6.45) is 3.38. The van der Waals surface area contributed by atoms with E-state index in [-0.39, 0.29) is 11.3 Å². The lowest BCUT2D eigenvalue weighted by atomic mass is 9.71. The van der Waals surface area contributed by atoms with Gasteiger partial charge in [-0.2, -0.15) is 0 Å². The maximum Gasteiger partial charge on any atom is 0.142 e. The zero-order valence-corrected chi connectivity index (χ0v) is 14.4. The van der Waals surface area contributed by atoms with E-state index in [9.17, 15) is 4.79 Å². The summed E-state index contributed by atoms with van der Waals surface area (Å²) in [6.45, 7) is 12.1. The van der Waals surface area contributed by atoms with Crippen molar-refractivity contribution in [3.05, 3.63) is 0 Å². The van der Waals surface area contributed by atoms with E-state index in [1.165, 1.54) is 6.42 Å². The van der Waals surface area contributed by atoms with Crippen LogP contribution in [0.25, 0.3) is 0 Å². The molecule has 0 bridgehead atoms. The number of likely N-dealkylation sites (N-methyl/N-ethyl adjacent to an activating group) is 1. The van der Waals surface area contributed by atoms with Crippen molar-refractivity contribution >= 4 is 5.78 Å². The summed E-state index contributed by atoms with van der Waals surface area (Å²) in [7, 11) is 4.26. The van der Waals surface area contributed by atoms with Crippen molar-refractivity contribution in [3.63, 3.8) is 0 Å². The van der Waals surface area contributed by atoms with E-state index in [2.05, 4.69) is 42.6 Å². The number of ketones is 1. The van der Waals surface area contributed by atoms with Crippen molar-refractivity contribution in [2.45, 2.75) is 33.1 Å². The molecule has 1 aliphatic carbocycles. The van der Waals surface area contributed by atoms with Crippen LogP contribution < -0.4 is 0 Å². The second-order valence-electron chi connectivity index (χ2n) is 7.78. The molecule has 0 amide bonds. The Labute approximate surface area is 130 Å². The molecule has 0 aromatic rings. The van der Waals surface area contributed by atoms with Crippen LogP contribution >= 0.6 is 0 Å². The fourth-order valence-corrected chi connectivity index (χ4v) is 3.62. The Kier molecular flexibility index (Phi) is 5.81. The van der Waals surface area contributed by atoms with Crippen molar-refractivity contribution in [2.75, 3.05) is 59.9 Å². The molecule has 2 fully saturated rings. The van der Waals surface area contributed by atoms with Gasteiger partial charge in [-0.05, 0) is 26.9 Å². The Balaban J connectivity index is 1.74. The Morgan fingerprint density at radius 3 is 2.38 bits per heavy atom. The van der Waals surface area contributed by atoms with Crippen molar-refractivity contribution in [2.24, 2.45) is 11.3 Å². The first-order valence-corrected chi connectivity index (χ1v) is 8.52. The quantitative estimate of drug-likeness (QED) is 0.769. The van der Waals surface area contributed by atoms with E-state index in [4.69, 9.17) is 0 Å². The van der Waals surface area contributed by atoms with Crippen molar-refractivity contribution in [1.82, 2.24) is 14.7 Å². The summed E-state index contributed by atoms with van der Waals surface area (Å²) in [5.74, 6) is 0.783. The van der Waals surface area contributed by atoms with E-state index in [1.807, 2.05) is 0 Å². The fourth-order valence-electron chi connectivity index (χ4n) is 3.62. The van der Waals surface area contributed by atoms with Gasteiger partial charge in [0.05, 0.1) is 0 Å². The first kappa shape index (κ1) is 16.9. The monoisotopic (exact) mass is 295 g/mol. The first-order chi connectivity index (χ1) is 9.88. The van der Waals surface area contributed by atoms with Gasteiger partial charge in [0.2, 0.25) is 0 Å². The van der Waals surface area contributed by atoms with Crippen LogP contribution in [0.2, 0.25) is 0 Å². The number of piperazine rings is 1. The van der Waals surface area contributed by atoms with E-state index in [0.717, 1.165) is 58.7 Å². The second-order valence-corrected chi connectivity index (χ2v) is 7.78. The smallest absolute Gasteiger partial charge is 0.142 e. The number of rotatable bonds is 5. The molecule has 0 spiro atoms. The molecule has 0 N–H and O–H groups in total. The molecule has 0 aromatic carbocycles. The SMILES string of the molecule is CN(C)CCN1CCN(CC2CCCC(C)(C)C2=O)CC1. The summed E-state index contributed by atoms with van der Waals surface area (Å²) in [5, 5.41) is 0. The Morgan fingerprint density at radius 1 is 1.14 bits per heavy atom. The zero-order chi connectivity index (χ0) is 15.5. The molecule has 122 valence electrons. The van der Waals surface area contributed by atoms with Crippen LogP contribution in [0.5, 0.6) is 0 Å². The number of carbonyl (C=O) groups excluding carboxylic acids is 1. The lowest BCUT2D eigenvalue weighted by Crippen LogP contribution is -2.51. The van der Waals surface area contributed by atoms with Crippen LogP contribution in [0, 0.1) is 11.3 Å². The third kappa shape index (κ3) is 4.76. The third-order valence-corrected chi connectivity index (χ3v) is 5.20. The highest BCUT2D eigenvalue weighted by atomic mass is 16.1. The number of Topliss-reactive ketones (excluding diaryl/α,β-unsaturated/α-hetero) is 1. The van der Waals surface area contributed by atoms with Crippen LogP contribution in [-0.2, 0) is 4.79 Å². The maximum atomic E-state index is 12.5. The average Bonchev–Trinajstić information content (AvgIpc) is 2.43. The topological polar surface area (TPSA) is 26.8 Å². The second kappa shape index (κ2) is 7.21. The molecular formula is C17H33N3O. The largest absolute Gasteiger partial charge is 0.308 e. The summed E-state index contributed by atoms with van der Waals surface area (Å²) >= 11 is 0. The van der Waals surface area contributed by atoms with Crippen LogP contribution in [-0.4, -0.2) is 80.4 Å². The van der Waals surface area contributed by atoms with Gasteiger partial charge in [0.25, 0.3) is 0 Å². The Morgan fingerprint density at radius 2 is 1.76 bits per heavy atom. The van der Waals surface area contributed by atoms with E-state index in [1.54, 1.807) is 0 Å². The predicted octanol–water partition coefficient (Wildman–Crippen LogP) is 1.56. The molecule has 1 saturated heterocycles. The van der Waals surface area contributed by atoms with E-state index >= 15 is 0 Å². The minimum Gasteiger partial charge on any atom is -0.308 e. The molecule has 21 heavy (non-hydrogen) atoms. The van der Waals surface area contributed by atoms with E-state index < -0.39 is 0 Å². The summed E-state index contributed by atoms with van der Waals surface area (Å²) in [6, 6.07) is 0. The molecule has 1 unspecified atom stereocenters. The molecule has 1 aliphatic heterocycles. The molecular weight excluding hydrogens is 262 g/mol. The van der Waals surface area contributed by atoms with Gasteiger partial charge in [-0.3, -0.25) is 9.69 Å². The van der Waals surface area contributed by atoms with Crippen molar-refractivity contribution < 1.29 is 4.79 Å². The highest BCUT2D eigenvalue weighted by Crippen LogP contribution is 2.35. The number of hydrogen-bond acceptors (Lipinski definition) is 4. The van der Waals surface area contributed by atoms with Crippen LogP contribution in [0.3, 0.4) is 0 Å². The molecule has 1 atom stereocenters. The molecule has 2 rings (SSSR count). The van der Waals surface area contributed by atoms with Crippen LogP contribution in [0.4, 0.5) is 0 Å². The van der Waals surface area contributed by atoms with Gasteiger partial charge in [0.1, 0.15) is 5.78 Å². The normalized spacial score (nSPS) is 28.2.